The third kappa shape index (κ3) is 2.27. The summed E-state index contributed by atoms with van der Waals surface area (Å²) >= 11 is 5.93. The average molecular weight is 236 g/mol. The minimum Gasteiger partial charge on any atom is -0.475 e. The summed E-state index contributed by atoms with van der Waals surface area (Å²) in [5.74, 6) is 1.11. The van der Waals surface area contributed by atoms with Crippen LogP contribution in [-0.2, 0) is 5.88 Å². The summed E-state index contributed by atoms with van der Waals surface area (Å²) < 4.78 is 5.60. The minimum atomic E-state index is 0.122. The number of aromatic nitrogens is 1. The number of fused-ring (bicyclic) bond motifs is 1. The van der Waals surface area contributed by atoms with Crippen LogP contribution in [0.5, 0.6) is 5.88 Å². The number of hydrogen-bond acceptors (Lipinski definition) is 2. The predicted octanol–water partition coefficient (Wildman–Crippen LogP) is 3.76. The van der Waals surface area contributed by atoms with Crippen LogP contribution in [0.25, 0.3) is 10.9 Å². The van der Waals surface area contributed by atoms with Gasteiger partial charge in [-0.25, -0.2) is 4.98 Å². The zero-order chi connectivity index (χ0) is 11.5. The molecule has 0 N–H and O–H groups in total. The number of nitrogens with zero attached hydrogens (tertiary/aromatic N) is 1. The van der Waals surface area contributed by atoms with Crippen LogP contribution < -0.4 is 4.74 Å². The molecular weight excluding hydrogens is 222 g/mol. The van der Waals surface area contributed by atoms with Crippen LogP contribution in [-0.4, -0.2) is 11.1 Å². The lowest BCUT2D eigenvalue weighted by atomic mass is 10.1. The molecule has 1 aromatic heterocycles. The predicted molar refractivity (Wildman–Crippen MR) is 67.1 cm³/mol. The van der Waals surface area contributed by atoms with Gasteiger partial charge >= 0.3 is 0 Å². The summed E-state index contributed by atoms with van der Waals surface area (Å²) in [4.78, 5) is 4.44. The zero-order valence-corrected chi connectivity index (χ0v) is 10.2. The topological polar surface area (TPSA) is 22.1 Å². The van der Waals surface area contributed by atoms with Gasteiger partial charge in [-0.15, -0.1) is 11.6 Å². The fraction of sp³-hybridized carbons (Fsp3) is 0.308. The van der Waals surface area contributed by atoms with Crippen molar-refractivity contribution < 1.29 is 4.74 Å². The highest BCUT2D eigenvalue weighted by Crippen LogP contribution is 2.23. The van der Waals surface area contributed by atoms with Gasteiger partial charge in [0, 0.05) is 17.3 Å². The van der Waals surface area contributed by atoms with E-state index >= 15 is 0 Å². The lowest BCUT2D eigenvalue weighted by Gasteiger charge is -2.11. The van der Waals surface area contributed by atoms with Gasteiger partial charge in [0.1, 0.15) is 0 Å². The van der Waals surface area contributed by atoms with Gasteiger partial charge in [-0.1, -0.05) is 18.2 Å². The van der Waals surface area contributed by atoms with E-state index in [1.807, 2.05) is 44.2 Å². The van der Waals surface area contributed by atoms with Gasteiger partial charge in [-0.05, 0) is 25.5 Å². The molecule has 84 valence electrons. The van der Waals surface area contributed by atoms with Crippen LogP contribution in [0.1, 0.15) is 19.4 Å². The van der Waals surface area contributed by atoms with Gasteiger partial charge in [-0.2, -0.15) is 0 Å². The Hall–Kier alpha value is -1.28. The Kier molecular flexibility index (Phi) is 3.30. The van der Waals surface area contributed by atoms with Crippen molar-refractivity contribution in [2.45, 2.75) is 25.8 Å². The van der Waals surface area contributed by atoms with Gasteiger partial charge in [-0.3, -0.25) is 0 Å². The van der Waals surface area contributed by atoms with E-state index in [0.29, 0.717) is 11.8 Å². The first-order chi connectivity index (χ1) is 7.70. The maximum Gasteiger partial charge on any atom is 0.214 e. The maximum atomic E-state index is 5.93. The Morgan fingerprint density at radius 2 is 2.06 bits per heavy atom. The van der Waals surface area contributed by atoms with E-state index in [1.165, 1.54) is 0 Å². The van der Waals surface area contributed by atoms with E-state index in [9.17, 15) is 0 Å². The van der Waals surface area contributed by atoms with Crippen molar-refractivity contribution in [1.82, 2.24) is 4.98 Å². The maximum absolute atomic E-state index is 5.93. The summed E-state index contributed by atoms with van der Waals surface area (Å²) in [6.45, 7) is 3.97. The molecule has 0 fully saturated rings. The molecule has 0 atom stereocenters. The number of benzene rings is 1. The van der Waals surface area contributed by atoms with Gasteiger partial charge in [0.2, 0.25) is 5.88 Å². The average Bonchev–Trinajstić information content (AvgIpc) is 2.27. The molecule has 16 heavy (non-hydrogen) atoms. The van der Waals surface area contributed by atoms with E-state index in [4.69, 9.17) is 16.3 Å². The number of rotatable bonds is 3. The van der Waals surface area contributed by atoms with Gasteiger partial charge in [0.15, 0.2) is 0 Å². The highest BCUT2D eigenvalue weighted by Gasteiger charge is 2.06. The number of para-hydroxylation sites is 1. The van der Waals surface area contributed by atoms with Gasteiger partial charge < -0.3 is 4.74 Å². The Balaban J connectivity index is 2.54. The fourth-order valence-electron chi connectivity index (χ4n) is 1.63. The lowest BCUT2D eigenvalue weighted by Crippen LogP contribution is -2.07. The van der Waals surface area contributed by atoms with Crippen LogP contribution in [0.3, 0.4) is 0 Å². The van der Waals surface area contributed by atoms with E-state index < -0.39 is 0 Å². The van der Waals surface area contributed by atoms with Crippen LogP contribution in [0.2, 0.25) is 0 Å². The summed E-state index contributed by atoms with van der Waals surface area (Å²) in [5.41, 5.74) is 1.99. The summed E-state index contributed by atoms with van der Waals surface area (Å²) in [6, 6.07) is 9.86. The van der Waals surface area contributed by atoms with Gasteiger partial charge in [0.05, 0.1) is 11.6 Å². The number of hydrogen-bond donors (Lipinski definition) is 0. The summed E-state index contributed by atoms with van der Waals surface area (Å²) in [5, 5.41) is 1.09. The second-order valence-electron chi connectivity index (χ2n) is 3.94. The van der Waals surface area contributed by atoms with Crippen molar-refractivity contribution in [2.24, 2.45) is 0 Å². The van der Waals surface area contributed by atoms with E-state index in [2.05, 4.69) is 4.98 Å². The Bertz CT molecular complexity index is 496. The van der Waals surface area contributed by atoms with E-state index in [1.54, 1.807) is 0 Å². The molecular formula is C13H14ClNO. The second-order valence-corrected chi connectivity index (χ2v) is 4.20. The van der Waals surface area contributed by atoms with Crippen LogP contribution in [0, 0.1) is 0 Å². The Labute approximate surface area is 100 Å². The molecule has 0 aliphatic rings. The summed E-state index contributed by atoms with van der Waals surface area (Å²) in [6.07, 6.45) is 0.122. The molecule has 1 aromatic carbocycles. The highest BCUT2D eigenvalue weighted by molar-refractivity contribution is 6.18. The molecule has 0 saturated carbocycles. The van der Waals surface area contributed by atoms with Crippen molar-refractivity contribution in [1.29, 1.82) is 0 Å². The molecule has 3 heteroatoms. The van der Waals surface area contributed by atoms with Crippen LogP contribution >= 0.6 is 11.6 Å². The molecule has 0 amide bonds. The number of pyridine rings is 1. The van der Waals surface area contributed by atoms with Crippen molar-refractivity contribution in [3.8, 4) is 5.88 Å². The normalized spacial score (nSPS) is 11.0. The monoisotopic (exact) mass is 235 g/mol. The standard InChI is InChI=1S/C13H14ClNO/c1-9(2)16-13-7-10(8-14)11-5-3-4-6-12(11)15-13/h3-7,9H,8H2,1-2H3. The lowest BCUT2D eigenvalue weighted by molar-refractivity contribution is 0.233. The van der Waals surface area contributed by atoms with Crippen molar-refractivity contribution in [3.05, 3.63) is 35.9 Å². The smallest absolute Gasteiger partial charge is 0.214 e. The third-order valence-corrected chi connectivity index (χ3v) is 2.57. The molecule has 0 unspecified atom stereocenters. The summed E-state index contributed by atoms with van der Waals surface area (Å²) in [7, 11) is 0. The number of halogens is 1. The molecule has 2 aromatic rings. The first-order valence-corrected chi connectivity index (χ1v) is 5.85. The van der Waals surface area contributed by atoms with Gasteiger partial charge in [0.25, 0.3) is 0 Å². The van der Waals surface area contributed by atoms with Crippen LogP contribution in [0.15, 0.2) is 30.3 Å². The van der Waals surface area contributed by atoms with E-state index in [0.717, 1.165) is 16.5 Å². The number of alkyl halides is 1. The molecule has 2 nitrogen and oxygen atoms in total. The second kappa shape index (κ2) is 4.71. The molecule has 0 bridgehead atoms. The van der Waals surface area contributed by atoms with Crippen molar-refractivity contribution >= 4 is 22.5 Å². The molecule has 2 rings (SSSR count). The van der Waals surface area contributed by atoms with Crippen molar-refractivity contribution in [3.63, 3.8) is 0 Å². The highest BCUT2D eigenvalue weighted by atomic mass is 35.5. The molecule has 0 saturated heterocycles. The molecule has 0 radical (unpaired) electrons. The Morgan fingerprint density at radius 3 is 2.75 bits per heavy atom. The molecule has 0 aliphatic carbocycles. The fourth-order valence-corrected chi connectivity index (χ4v) is 1.85. The Morgan fingerprint density at radius 1 is 1.31 bits per heavy atom. The SMILES string of the molecule is CC(C)Oc1cc(CCl)c2ccccc2n1. The third-order valence-electron chi connectivity index (χ3n) is 2.28. The molecule has 1 heterocycles. The van der Waals surface area contributed by atoms with Crippen LogP contribution in [0.4, 0.5) is 0 Å². The molecule has 0 aliphatic heterocycles. The number of ether oxygens (including phenoxy) is 1. The minimum absolute atomic E-state index is 0.122. The zero-order valence-electron chi connectivity index (χ0n) is 9.40. The molecule has 0 spiro atoms. The first-order valence-electron chi connectivity index (χ1n) is 5.32. The van der Waals surface area contributed by atoms with Crippen molar-refractivity contribution in [2.75, 3.05) is 0 Å². The largest absolute Gasteiger partial charge is 0.475 e. The first kappa shape index (κ1) is 11.2. The quantitative estimate of drug-likeness (QED) is 0.756. The van der Waals surface area contributed by atoms with E-state index in [-0.39, 0.29) is 6.10 Å².